The molecule has 2 rings (SSSR count). The molecular formula is C13H16N4O. The van der Waals surface area contributed by atoms with Crippen molar-refractivity contribution >= 4 is 5.91 Å². The van der Waals surface area contributed by atoms with Crippen molar-refractivity contribution in [3.63, 3.8) is 0 Å². The van der Waals surface area contributed by atoms with Crippen molar-refractivity contribution < 1.29 is 4.79 Å². The smallest absolute Gasteiger partial charge is 0.224 e. The van der Waals surface area contributed by atoms with Crippen molar-refractivity contribution in [3.05, 3.63) is 47.5 Å². The molecule has 0 spiro atoms. The summed E-state index contributed by atoms with van der Waals surface area (Å²) in [6.45, 7) is 2.60. The van der Waals surface area contributed by atoms with E-state index in [1.807, 2.05) is 31.2 Å². The van der Waals surface area contributed by atoms with Crippen LogP contribution in [0.15, 0.2) is 30.6 Å². The second kappa shape index (κ2) is 5.95. The lowest BCUT2D eigenvalue weighted by molar-refractivity contribution is -0.120. The third-order valence-electron chi connectivity index (χ3n) is 2.63. The fourth-order valence-electron chi connectivity index (χ4n) is 1.63. The molecule has 1 aromatic heterocycles. The third kappa shape index (κ3) is 3.69. The molecule has 0 saturated heterocycles. The van der Waals surface area contributed by atoms with Crippen LogP contribution in [0.3, 0.4) is 0 Å². The van der Waals surface area contributed by atoms with Gasteiger partial charge in [-0.15, -0.1) is 0 Å². The minimum absolute atomic E-state index is 0.0263. The van der Waals surface area contributed by atoms with E-state index < -0.39 is 0 Å². The molecule has 0 aliphatic carbocycles. The van der Waals surface area contributed by atoms with Crippen molar-refractivity contribution in [1.29, 1.82) is 0 Å². The molecule has 0 saturated carbocycles. The van der Waals surface area contributed by atoms with Crippen LogP contribution in [0.25, 0.3) is 0 Å². The number of hydrogen-bond acceptors (Lipinski definition) is 3. The summed E-state index contributed by atoms with van der Waals surface area (Å²) in [4.78, 5) is 15.7. The average Bonchev–Trinajstić information content (AvgIpc) is 2.85. The normalized spacial score (nSPS) is 10.3. The van der Waals surface area contributed by atoms with Crippen LogP contribution in [0.2, 0.25) is 0 Å². The number of nitrogens with zero attached hydrogens (tertiary/aromatic N) is 2. The Hall–Kier alpha value is -2.17. The number of rotatable bonds is 5. The standard InChI is InChI=1S/C13H16N4O/c1-10-2-4-11(5-3-10)8-13(18)14-7-6-12-15-9-16-17-12/h2-5,9H,6-8H2,1H3,(H,14,18)(H,15,16,17). The van der Waals surface area contributed by atoms with Gasteiger partial charge < -0.3 is 5.32 Å². The van der Waals surface area contributed by atoms with Gasteiger partial charge in [0, 0.05) is 13.0 Å². The Labute approximate surface area is 106 Å². The number of carbonyl (C=O) groups is 1. The van der Waals surface area contributed by atoms with Gasteiger partial charge in [-0.1, -0.05) is 29.8 Å². The highest BCUT2D eigenvalue weighted by molar-refractivity contribution is 5.78. The van der Waals surface area contributed by atoms with E-state index >= 15 is 0 Å². The van der Waals surface area contributed by atoms with E-state index in [2.05, 4.69) is 20.5 Å². The van der Waals surface area contributed by atoms with E-state index in [-0.39, 0.29) is 5.91 Å². The van der Waals surface area contributed by atoms with E-state index in [0.29, 0.717) is 19.4 Å². The van der Waals surface area contributed by atoms with Crippen LogP contribution >= 0.6 is 0 Å². The van der Waals surface area contributed by atoms with Crippen molar-refractivity contribution in [2.45, 2.75) is 19.8 Å². The van der Waals surface area contributed by atoms with Gasteiger partial charge in [0.2, 0.25) is 5.91 Å². The number of amides is 1. The summed E-state index contributed by atoms with van der Waals surface area (Å²) < 4.78 is 0. The molecule has 1 heterocycles. The van der Waals surface area contributed by atoms with Gasteiger partial charge in [0.05, 0.1) is 6.42 Å². The Morgan fingerprint density at radius 3 is 2.78 bits per heavy atom. The van der Waals surface area contributed by atoms with Gasteiger partial charge in [-0.25, -0.2) is 4.98 Å². The summed E-state index contributed by atoms with van der Waals surface area (Å²) in [6.07, 6.45) is 2.54. The molecule has 2 N–H and O–H groups in total. The Kier molecular flexibility index (Phi) is 4.06. The first-order valence-corrected chi connectivity index (χ1v) is 5.90. The number of hydrogen-bond donors (Lipinski definition) is 2. The van der Waals surface area contributed by atoms with Crippen LogP contribution in [-0.4, -0.2) is 27.6 Å². The monoisotopic (exact) mass is 244 g/mol. The molecule has 1 amide bonds. The van der Waals surface area contributed by atoms with Crippen molar-refractivity contribution in [2.24, 2.45) is 0 Å². The van der Waals surface area contributed by atoms with Gasteiger partial charge in [0.25, 0.3) is 0 Å². The van der Waals surface area contributed by atoms with Crippen molar-refractivity contribution in [1.82, 2.24) is 20.5 Å². The molecule has 0 unspecified atom stereocenters. The molecule has 0 radical (unpaired) electrons. The largest absolute Gasteiger partial charge is 0.355 e. The SMILES string of the molecule is Cc1ccc(CC(=O)NCCc2ncn[nH]2)cc1. The first-order valence-electron chi connectivity index (χ1n) is 5.90. The average molecular weight is 244 g/mol. The minimum Gasteiger partial charge on any atom is -0.355 e. The van der Waals surface area contributed by atoms with Crippen LogP contribution in [0.4, 0.5) is 0 Å². The van der Waals surface area contributed by atoms with E-state index in [0.717, 1.165) is 11.4 Å². The van der Waals surface area contributed by atoms with E-state index in [4.69, 9.17) is 0 Å². The third-order valence-corrected chi connectivity index (χ3v) is 2.63. The summed E-state index contributed by atoms with van der Waals surface area (Å²) in [7, 11) is 0. The molecule has 5 nitrogen and oxygen atoms in total. The number of aromatic nitrogens is 3. The molecule has 0 atom stereocenters. The molecular weight excluding hydrogens is 228 g/mol. The Morgan fingerprint density at radius 2 is 2.11 bits per heavy atom. The van der Waals surface area contributed by atoms with Gasteiger partial charge >= 0.3 is 0 Å². The Balaban J connectivity index is 1.73. The number of H-pyrrole nitrogens is 1. The van der Waals surface area contributed by atoms with Crippen molar-refractivity contribution in [3.8, 4) is 0 Å². The van der Waals surface area contributed by atoms with E-state index in [1.54, 1.807) is 0 Å². The first-order chi connectivity index (χ1) is 8.74. The second-order valence-electron chi connectivity index (χ2n) is 4.19. The summed E-state index contributed by atoms with van der Waals surface area (Å²) >= 11 is 0. The van der Waals surface area contributed by atoms with Crippen LogP contribution in [0.1, 0.15) is 17.0 Å². The second-order valence-corrected chi connectivity index (χ2v) is 4.19. The molecule has 0 fully saturated rings. The highest BCUT2D eigenvalue weighted by Crippen LogP contribution is 2.03. The molecule has 0 aliphatic heterocycles. The van der Waals surface area contributed by atoms with Gasteiger partial charge in [0.1, 0.15) is 12.2 Å². The van der Waals surface area contributed by atoms with E-state index in [9.17, 15) is 4.79 Å². The van der Waals surface area contributed by atoms with Crippen LogP contribution in [0, 0.1) is 6.92 Å². The predicted molar refractivity (Wildman–Crippen MR) is 68.0 cm³/mol. The van der Waals surface area contributed by atoms with Gasteiger partial charge in [-0.3, -0.25) is 9.89 Å². The molecule has 0 bridgehead atoms. The van der Waals surface area contributed by atoms with Crippen molar-refractivity contribution in [2.75, 3.05) is 6.54 Å². The first kappa shape index (κ1) is 12.3. The van der Waals surface area contributed by atoms with Crippen LogP contribution in [-0.2, 0) is 17.6 Å². The predicted octanol–water partition coefficient (Wildman–Crippen LogP) is 1.01. The highest BCUT2D eigenvalue weighted by Gasteiger charge is 2.03. The molecule has 1 aromatic carbocycles. The zero-order valence-electron chi connectivity index (χ0n) is 10.3. The van der Waals surface area contributed by atoms with Gasteiger partial charge in [-0.2, -0.15) is 5.10 Å². The quantitative estimate of drug-likeness (QED) is 0.824. The molecule has 5 heteroatoms. The molecule has 0 aliphatic rings. The molecule has 94 valence electrons. The zero-order valence-corrected chi connectivity index (χ0v) is 10.3. The van der Waals surface area contributed by atoms with E-state index in [1.165, 1.54) is 11.9 Å². The summed E-state index contributed by atoms with van der Waals surface area (Å²) in [5, 5.41) is 9.36. The summed E-state index contributed by atoms with van der Waals surface area (Å²) in [5.41, 5.74) is 2.22. The highest BCUT2D eigenvalue weighted by atomic mass is 16.1. The number of aryl methyl sites for hydroxylation is 1. The van der Waals surface area contributed by atoms with Gasteiger partial charge in [0.15, 0.2) is 0 Å². The molecule has 2 aromatic rings. The van der Waals surface area contributed by atoms with Crippen LogP contribution < -0.4 is 5.32 Å². The minimum atomic E-state index is 0.0263. The maximum atomic E-state index is 11.7. The lowest BCUT2D eigenvalue weighted by atomic mass is 10.1. The summed E-state index contributed by atoms with van der Waals surface area (Å²) in [6, 6.07) is 7.98. The Morgan fingerprint density at radius 1 is 1.33 bits per heavy atom. The fourth-order valence-corrected chi connectivity index (χ4v) is 1.63. The Bertz CT molecular complexity index is 490. The maximum absolute atomic E-state index is 11.7. The summed E-state index contributed by atoms with van der Waals surface area (Å²) in [5.74, 6) is 0.809. The number of carbonyl (C=O) groups excluding carboxylic acids is 1. The van der Waals surface area contributed by atoms with Crippen LogP contribution in [0.5, 0.6) is 0 Å². The number of nitrogens with one attached hydrogen (secondary N) is 2. The lowest BCUT2D eigenvalue weighted by Gasteiger charge is -2.04. The topological polar surface area (TPSA) is 70.7 Å². The number of benzene rings is 1. The number of aromatic amines is 1. The maximum Gasteiger partial charge on any atom is 0.224 e. The lowest BCUT2D eigenvalue weighted by Crippen LogP contribution is -2.27. The fraction of sp³-hybridized carbons (Fsp3) is 0.308. The molecule has 18 heavy (non-hydrogen) atoms. The zero-order chi connectivity index (χ0) is 12.8. The van der Waals surface area contributed by atoms with Gasteiger partial charge in [-0.05, 0) is 12.5 Å².